The third kappa shape index (κ3) is 7.20. The number of rotatable bonds is 1. The van der Waals surface area contributed by atoms with Crippen molar-refractivity contribution in [1.29, 1.82) is 0 Å². The normalized spacial score (nSPS) is 6.67. The van der Waals surface area contributed by atoms with Crippen LogP contribution >= 0.6 is 0 Å². The SMILES string of the molecule is CC.CC.[B]Oc1ccccc1. The Morgan fingerprint density at radius 2 is 1.33 bits per heavy atom. The zero-order chi connectivity index (χ0) is 9.82. The number of hydrogen-bond acceptors (Lipinski definition) is 1. The third-order valence-corrected chi connectivity index (χ3v) is 0.879. The lowest BCUT2D eigenvalue weighted by Gasteiger charge is -1.94. The first-order chi connectivity index (χ1) is 5.93. The van der Waals surface area contributed by atoms with Crippen molar-refractivity contribution in [2.45, 2.75) is 27.7 Å². The van der Waals surface area contributed by atoms with Crippen LogP contribution < -0.4 is 4.65 Å². The van der Waals surface area contributed by atoms with Gasteiger partial charge in [0.1, 0.15) is 0 Å². The van der Waals surface area contributed by atoms with Crippen LogP contribution in [-0.4, -0.2) is 8.05 Å². The van der Waals surface area contributed by atoms with Crippen LogP contribution in [0.1, 0.15) is 27.7 Å². The molecule has 0 saturated carbocycles. The van der Waals surface area contributed by atoms with Crippen molar-refractivity contribution < 1.29 is 4.65 Å². The molecule has 1 aromatic rings. The van der Waals surface area contributed by atoms with Crippen LogP contribution in [0.5, 0.6) is 5.75 Å². The largest absolute Gasteiger partial charge is 0.568 e. The molecule has 0 saturated heterocycles. The highest BCUT2D eigenvalue weighted by atomic mass is 16.4. The molecule has 0 spiro atoms. The van der Waals surface area contributed by atoms with Crippen molar-refractivity contribution in [2.24, 2.45) is 0 Å². The van der Waals surface area contributed by atoms with Crippen LogP contribution in [0.25, 0.3) is 0 Å². The predicted molar refractivity (Wildman–Crippen MR) is 55.5 cm³/mol. The lowest BCUT2D eigenvalue weighted by molar-refractivity contribution is 0.616. The van der Waals surface area contributed by atoms with Gasteiger partial charge in [0.05, 0.1) is 5.75 Å². The fourth-order valence-electron chi connectivity index (χ4n) is 0.499. The molecule has 0 aromatic heterocycles. The number of benzene rings is 1. The smallest absolute Gasteiger partial charge is 0.374 e. The van der Waals surface area contributed by atoms with Gasteiger partial charge in [0.2, 0.25) is 0 Å². The Kier molecular flexibility index (Phi) is 14.5. The van der Waals surface area contributed by atoms with Gasteiger partial charge in [0.25, 0.3) is 0 Å². The van der Waals surface area contributed by atoms with E-state index in [1.54, 1.807) is 12.1 Å². The van der Waals surface area contributed by atoms with Crippen molar-refractivity contribution in [3.8, 4) is 5.75 Å². The van der Waals surface area contributed by atoms with E-state index < -0.39 is 0 Å². The minimum atomic E-state index is 0.688. The standard InChI is InChI=1S/C6H5BO.2C2H6/c7-8-6-4-2-1-3-5-6;2*1-2/h1-5H;2*1-2H3. The highest BCUT2D eigenvalue weighted by Gasteiger charge is 1.80. The van der Waals surface area contributed by atoms with Gasteiger partial charge in [0.15, 0.2) is 0 Å². The zero-order valence-electron chi connectivity index (χ0n) is 8.37. The van der Waals surface area contributed by atoms with Gasteiger partial charge in [-0.3, -0.25) is 0 Å². The van der Waals surface area contributed by atoms with Crippen LogP contribution in [0.3, 0.4) is 0 Å². The summed E-state index contributed by atoms with van der Waals surface area (Å²) in [6.07, 6.45) is 0. The van der Waals surface area contributed by atoms with E-state index in [2.05, 4.69) is 4.65 Å². The van der Waals surface area contributed by atoms with E-state index in [9.17, 15) is 0 Å². The summed E-state index contributed by atoms with van der Waals surface area (Å²) >= 11 is 0. The molecule has 0 aliphatic heterocycles. The fraction of sp³-hybridized carbons (Fsp3) is 0.400. The maximum Gasteiger partial charge on any atom is 0.374 e. The predicted octanol–water partition coefficient (Wildman–Crippen LogP) is 3.20. The molecule has 1 nitrogen and oxygen atoms in total. The summed E-state index contributed by atoms with van der Waals surface area (Å²) in [6.45, 7) is 8.00. The molecule has 0 aliphatic rings. The lowest BCUT2D eigenvalue weighted by atomic mass is 10.3. The molecule has 0 fully saturated rings. The molecular weight excluding hydrogens is 147 g/mol. The van der Waals surface area contributed by atoms with E-state index in [-0.39, 0.29) is 0 Å². The summed E-state index contributed by atoms with van der Waals surface area (Å²) in [5, 5.41) is 0. The quantitative estimate of drug-likeness (QED) is 0.579. The Hall–Kier alpha value is -0.915. The zero-order valence-corrected chi connectivity index (χ0v) is 8.37. The summed E-state index contributed by atoms with van der Waals surface area (Å²) in [5.41, 5.74) is 0. The van der Waals surface area contributed by atoms with E-state index in [0.717, 1.165) is 0 Å². The topological polar surface area (TPSA) is 9.23 Å². The average molecular weight is 164 g/mol. The van der Waals surface area contributed by atoms with E-state index in [1.165, 1.54) is 0 Å². The first-order valence-corrected chi connectivity index (χ1v) is 4.35. The molecule has 1 rings (SSSR count). The van der Waals surface area contributed by atoms with Gasteiger partial charge in [-0.2, -0.15) is 0 Å². The van der Waals surface area contributed by atoms with Crippen LogP contribution in [0, 0.1) is 0 Å². The summed E-state index contributed by atoms with van der Waals surface area (Å²) in [5.74, 6) is 0.688. The Morgan fingerprint density at radius 3 is 1.58 bits per heavy atom. The molecule has 1 aromatic carbocycles. The van der Waals surface area contributed by atoms with Crippen molar-refractivity contribution in [3.05, 3.63) is 30.3 Å². The van der Waals surface area contributed by atoms with Crippen molar-refractivity contribution in [2.75, 3.05) is 0 Å². The van der Waals surface area contributed by atoms with Crippen LogP contribution in [-0.2, 0) is 0 Å². The summed E-state index contributed by atoms with van der Waals surface area (Å²) in [6, 6.07) is 9.22. The van der Waals surface area contributed by atoms with Gasteiger partial charge >= 0.3 is 8.05 Å². The molecule has 0 unspecified atom stereocenters. The Morgan fingerprint density at radius 1 is 0.917 bits per heavy atom. The minimum Gasteiger partial charge on any atom is -0.568 e. The van der Waals surface area contributed by atoms with Crippen LogP contribution in [0.2, 0.25) is 0 Å². The molecule has 12 heavy (non-hydrogen) atoms. The van der Waals surface area contributed by atoms with E-state index >= 15 is 0 Å². The molecule has 2 heteroatoms. The van der Waals surface area contributed by atoms with Gasteiger partial charge in [0, 0.05) is 0 Å². The molecular formula is C10H17BO. The molecule has 0 heterocycles. The maximum atomic E-state index is 4.85. The second-order valence-corrected chi connectivity index (χ2v) is 1.43. The van der Waals surface area contributed by atoms with E-state index in [1.807, 2.05) is 45.9 Å². The van der Waals surface area contributed by atoms with E-state index in [4.69, 9.17) is 8.05 Å². The second-order valence-electron chi connectivity index (χ2n) is 1.43. The first-order valence-electron chi connectivity index (χ1n) is 4.35. The minimum absolute atomic E-state index is 0.688. The maximum absolute atomic E-state index is 4.85. The van der Waals surface area contributed by atoms with Crippen molar-refractivity contribution in [1.82, 2.24) is 0 Å². The Bertz CT molecular complexity index is 151. The van der Waals surface area contributed by atoms with Crippen LogP contribution in [0.15, 0.2) is 30.3 Å². The molecule has 0 N–H and O–H groups in total. The molecule has 0 amide bonds. The Labute approximate surface area is 77.2 Å². The van der Waals surface area contributed by atoms with Gasteiger partial charge in [-0.25, -0.2) is 0 Å². The third-order valence-electron chi connectivity index (χ3n) is 0.879. The highest BCUT2D eigenvalue weighted by Crippen LogP contribution is 2.05. The first kappa shape index (κ1) is 13.7. The van der Waals surface area contributed by atoms with Gasteiger partial charge < -0.3 is 4.65 Å². The van der Waals surface area contributed by atoms with E-state index in [0.29, 0.717) is 5.75 Å². The molecule has 0 aliphatic carbocycles. The second kappa shape index (κ2) is 12.7. The monoisotopic (exact) mass is 164 g/mol. The lowest BCUT2D eigenvalue weighted by Crippen LogP contribution is -1.81. The fourth-order valence-corrected chi connectivity index (χ4v) is 0.499. The summed E-state index contributed by atoms with van der Waals surface area (Å²) < 4.78 is 4.41. The van der Waals surface area contributed by atoms with Crippen molar-refractivity contribution >= 4 is 8.05 Å². The van der Waals surface area contributed by atoms with Crippen LogP contribution in [0.4, 0.5) is 0 Å². The van der Waals surface area contributed by atoms with Crippen molar-refractivity contribution in [3.63, 3.8) is 0 Å². The number of para-hydroxylation sites is 1. The molecule has 66 valence electrons. The molecule has 0 atom stereocenters. The number of hydrogen-bond donors (Lipinski definition) is 0. The van der Waals surface area contributed by atoms with Gasteiger partial charge in [-0.1, -0.05) is 45.9 Å². The highest BCUT2D eigenvalue weighted by molar-refractivity contribution is 5.99. The summed E-state index contributed by atoms with van der Waals surface area (Å²) in [7, 11) is 4.85. The molecule has 0 bridgehead atoms. The molecule has 2 radical (unpaired) electrons. The Balaban J connectivity index is 0. The summed E-state index contributed by atoms with van der Waals surface area (Å²) in [4.78, 5) is 0. The average Bonchev–Trinajstić information content (AvgIpc) is 2.25. The van der Waals surface area contributed by atoms with Gasteiger partial charge in [-0.05, 0) is 12.1 Å². The van der Waals surface area contributed by atoms with Gasteiger partial charge in [-0.15, -0.1) is 0 Å².